The Kier molecular flexibility index (Phi) is 6.03. The van der Waals surface area contributed by atoms with Gasteiger partial charge in [0.25, 0.3) is 0 Å². The van der Waals surface area contributed by atoms with Gasteiger partial charge in [-0.25, -0.2) is 0 Å². The molecule has 1 heterocycles. The maximum atomic E-state index is 5.45. The third-order valence-corrected chi connectivity index (χ3v) is 2.33. The lowest BCUT2D eigenvalue weighted by molar-refractivity contribution is 0.114. The Labute approximate surface area is 96.4 Å². The number of nitrogens with zero attached hydrogens (tertiary/aromatic N) is 2. The van der Waals surface area contributed by atoms with Crippen LogP contribution in [0.3, 0.4) is 0 Å². The lowest BCUT2D eigenvalue weighted by atomic mass is 10.1. The average molecular weight is 227 g/mol. The average Bonchev–Trinajstić information content (AvgIpc) is 2.75. The van der Waals surface area contributed by atoms with Gasteiger partial charge in [-0.15, -0.1) is 0 Å². The van der Waals surface area contributed by atoms with Crippen molar-refractivity contribution in [3.63, 3.8) is 0 Å². The number of nitrogens with two attached hydrogens (primary N) is 1. The van der Waals surface area contributed by atoms with Crippen molar-refractivity contribution in [3.8, 4) is 0 Å². The summed E-state index contributed by atoms with van der Waals surface area (Å²) in [6.07, 6.45) is 2.96. The van der Waals surface area contributed by atoms with E-state index >= 15 is 0 Å². The van der Waals surface area contributed by atoms with Gasteiger partial charge in [-0.1, -0.05) is 19.0 Å². The van der Waals surface area contributed by atoms with E-state index in [1.54, 1.807) is 0 Å². The maximum Gasteiger partial charge on any atom is 0.229 e. The Hall–Kier alpha value is -0.940. The van der Waals surface area contributed by atoms with E-state index in [9.17, 15) is 0 Å². The van der Waals surface area contributed by atoms with Gasteiger partial charge in [-0.2, -0.15) is 4.98 Å². The Bertz CT molecular complexity index is 289. The van der Waals surface area contributed by atoms with E-state index in [0.29, 0.717) is 24.9 Å². The summed E-state index contributed by atoms with van der Waals surface area (Å²) in [5, 5.41) is 3.87. The van der Waals surface area contributed by atoms with E-state index in [1.165, 1.54) is 0 Å². The van der Waals surface area contributed by atoms with Crippen LogP contribution in [0.5, 0.6) is 0 Å². The molecule has 5 nitrogen and oxygen atoms in total. The standard InChI is InChI=1S/C11H21N3O2/c1-3-7-15-8-10-13-11(16-14-10)9(2)5-4-6-12/h9H,3-8,12H2,1-2H3. The molecule has 0 spiro atoms. The summed E-state index contributed by atoms with van der Waals surface area (Å²) in [6.45, 7) is 5.99. The predicted molar refractivity (Wildman–Crippen MR) is 60.9 cm³/mol. The number of aromatic nitrogens is 2. The van der Waals surface area contributed by atoms with Gasteiger partial charge in [-0.05, 0) is 25.8 Å². The summed E-state index contributed by atoms with van der Waals surface area (Å²) < 4.78 is 10.5. The fraction of sp³-hybridized carbons (Fsp3) is 0.818. The molecule has 1 unspecified atom stereocenters. The first-order valence-corrected chi connectivity index (χ1v) is 5.88. The van der Waals surface area contributed by atoms with Crippen LogP contribution in [0, 0.1) is 0 Å². The predicted octanol–water partition coefficient (Wildman–Crippen LogP) is 1.84. The molecule has 0 radical (unpaired) electrons. The van der Waals surface area contributed by atoms with Crippen molar-refractivity contribution in [2.24, 2.45) is 5.73 Å². The Morgan fingerprint density at radius 3 is 3.00 bits per heavy atom. The molecule has 1 rings (SSSR count). The zero-order valence-corrected chi connectivity index (χ0v) is 10.1. The highest BCUT2D eigenvalue weighted by atomic mass is 16.5. The van der Waals surface area contributed by atoms with Gasteiger partial charge in [0.2, 0.25) is 5.89 Å². The SMILES string of the molecule is CCCOCc1noc(C(C)CCCN)n1. The molecule has 0 bridgehead atoms. The fourth-order valence-corrected chi connectivity index (χ4v) is 1.38. The van der Waals surface area contributed by atoms with Crippen LogP contribution < -0.4 is 5.73 Å². The topological polar surface area (TPSA) is 74.2 Å². The van der Waals surface area contributed by atoms with Crippen LogP contribution in [0.4, 0.5) is 0 Å². The first kappa shape index (κ1) is 13.1. The third-order valence-electron chi connectivity index (χ3n) is 2.33. The first-order valence-electron chi connectivity index (χ1n) is 5.88. The number of ether oxygens (including phenoxy) is 1. The van der Waals surface area contributed by atoms with Crippen LogP contribution in [-0.4, -0.2) is 23.3 Å². The van der Waals surface area contributed by atoms with Crippen LogP contribution in [0.15, 0.2) is 4.52 Å². The summed E-state index contributed by atoms with van der Waals surface area (Å²) in [7, 11) is 0. The van der Waals surface area contributed by atoms with Gasteiger partial charge < -0.3 is 15.0 Å². The fourth-order valence-electron chi connectivity index (χ4n) is 1.38. The first-order chi connectivity index (χ1) is 7.77. The molecule has 0 aliphatic rings. The van der Waals surface area contributed by atoms with E-state index in [0.717, 1.165) is 25.9 Å². The molecule has 0 fully saturated rings. The van der Waals surface area contributed by atoms with Crippen LogP contribution in [0.25, 0.3) is 0 Å². The van der Waals surface area contributed by atoms with Gasteiger partial charge in [0.15, 0.2) is 5.82 Å². The van der Waals surface area contributed by atoms with E-state index in [2.05, 4.69) is 24.0 Å². The second kappa shape index (κ2) is 7.35. The lowest BCUT2D eigenvalue weighted by Gasteiger charge is -2.03. The Morgan fingerprint density at radius 1 is 1.50 bits per heavy atom. The molecule has 0 aliphatic heterocycles. The number of hydrogen-bond acceptors (Lipinski definition) is 5. The van der Waals surface area contributed by atoms with Gasteiger partial charge in [-0.3, -0.25) is 0 Å². The maximum absolute atomic E-state index is 5.45. The van der Waals surface area contributed by atoms with Crippen molar-refractivity contribution < 1.29 is 9.26 Å². The normalized spacial score (nSPS) is 12.9. The minimum absolute atomic E-state index is 0.274. The van der Waals surface area contributed by atoms with Crippen molar-refractivity contribution in [2.75, 3.05) is 13.2 Å². The minimum atomic E-state index is 0.274. The van der Waals surface area contributed by atoms with Crippen molar-refractivity contribution >= 4 is 0 Å². The molecule has 16 heavy (non-hydrogen) atoms. The second-order valence-corrected chi connectivity index (χ2v) is 3.93. The summed E-state index contributed by atoms with van der Waals surface area (Å²) in [5.41, 5.74) is 5.45. The van der Waals surface area contributed by atoms with Crippen molar-refractivity contribution in [2.45, 2.75) is 45.6 Å². The Morgan fingerprint density at radius 2 is 2.31 bits per heavy atom. The molecule has 1 aromatic rings. The molecular weight excluding hydrogens is 206 g/mol. The minimum Gasteiger partial charge on any atom is -0.373 e. The highest BCUT2D eigenvalue weighted by Crippen LogP contribution is 2.18. The monoisotopic (exact) mass is 227 g/mol. The molecule has 1 aromatic heterocycles. The highest BCUT2D eigenvalue weighted by molar-refractivity contribution is 4.91. The molecule has 0 amide bonds. The van der Waals surface area contributed by atoms with E-state index < -0.39 is 0 Å². The van der Waals surface area contributed by atoms with Crippen molar-refractivity contribution in [1.82, 2.24) is 10.1 Å². The van der Waals surface area contributed by atoms with Crippen molar-refractivity contribution in [1.29, 1.82) is 0 Å². The summed E-state index contributed by atoms with van der Waals surface area (Å²) in [4.78, 5) is 4.29. The smallest absolute Gasteiger partial charge is 0.229 e. The summed E-state index contributed by atoms with van der Waals surface area (Å²) in [6, 6.07) is 0. The van der Waals surface area contributed by atoms with Crippen LogP contribution >= 0.6 is 0 Å². The third kappa shape index (κ3) is 4.28. The van der Waals surface area contributed by atoms with Gasteiger partial charge >= 0.3 is 0 Å². The molecule has 2 N–H and O–H groups in total. The largest absolute Gasteiger partial charge is 0.373 e. The molecule has 0 aliphatic carbocycles. The molecule has 0 saturated carbocycles. The van der Waals surface area contributed by atoms with Crippen molar-refractivity contribution in [3.05, 3.63) is 11.7 Å². The number of rotatable bonds is 8. The quantitative estimate of drug-likeness (QED) is 0.686. The molecule has 0 saturated heterocycles. The van der Waals surface area contributed by atoms with E-state index in [4.69, 9.17) is 15.0 Å². The lowest BCUT2D eigenvalue weighted by Crippen LogP contribution is -2.02. The van der Waals surface area contributed by atoms with Gasteiger partial charge in [0, 0.05) is 12.5 Å². The summed E-state index contributed by atoms with van der Waals surface area (Å²) in [5.74, 6) is 1.59. The molecule has 0 aromatic carbocycles. The number of hydrogen-bond donors (Lipinski definition) is 1. The van der Waals surface area contributed by atoms with Crippen LogP contribution in [0.1, 0.15) is 50.7 Å². The van der Waals surface area contributed by atoms with E-state index in [1.807, 2.05) is 0 Å². The van der Waals surface area contributed by atoms with Gasteiger partial charge in [0.05, 0.1) is 0 Å². The van der Waals surface area contributed by atoms with Crippen LogP contribution in [0.2, 0.25) is 0 Å². The van der Waals surface area contributed by atoms with E-state index in [-0.39, 0.29) is 5.92 Å². The zero-order chi connectivity index (χ0) is 11.8. The second-order valence-electron chi connectivity index (χ2n) is 3.93. The van der Waals surface area contributed by atoms with Crippen LogP contribution in [-0.2, 0) is 11.3 Å². The molecule has 92 valence electrons. The highest BCUT2D eigenvalue weighted by Gasteiger charge is 2.13. The molecular formula is C11H21N3O2. The van der Waals surface area contributed by atoms with Gasteiger partial charge in [0.1, 0.15) is 6.61 Å². The summed E-state index contributed by atoms with van der Waals surface area (Å²) >= 11 is 0. The zero-order valence-electron chi connectivity index (χ0n) is 10.1. The Balaban J connectivity index is 2.37. The molecule has 1 atom stereocenters. The molecule has 5 heteroatoms.